The van der Waals surface area contributed by atoms with Crippen LogP contribution in [-0.2, 0) is 9.53 Å². The highest BCUT2D eigenvalue weighted by Gasteiger charge is 2.48. The lowest BCUT2D eigenvalue weighted by Gasteiger charge is -2.44. The van der Waals surface area contributed by atoms with E-state index in [0.29, 0.717) is 29.2 Å². The lowest BCUT2D eigenvalue weighted by atomic mass is 9.86. The van der Waals surface area contributed by atoms with E-state index in [2.05, 4.69) is 5.32 Å². The maximum Gasteiger partial charge on any atom is 0.255 e. The SMILES string of the molecule is CO[C@@H]1c2cc(NC(=O)c3ccc(N)cc3)ccc2O[C@H](C(CC(=O)N2CCC[C@H]2CO)[Si](C)(C)O)[C@H]1C. The second-order valence-corrected chi connectivity index (χ2v) is 15.0. The number of fused-ring (bicyclic) bond motifs is 1. The molecule has 2 aromatic carbocycles. The minimum Gasteiger partial charge on any atom is -0.490 e. The van der Waals surface area contributed by atoms with Crippen LogP contribution in [0.25, 0.3) is 0 Å². The predicted molar refractivity (Wildman–Crippen MR) is 148 cm³/mol. The van der Waals surface area contributed by atoms with Crippen LogP contribution >= 0.6 is 0 Å². The monoisotopic (exact) mass is 541 g/mol. The van der Waals surface area contributed by atoms with Crippen LogP contribution in [-0.4, -0.2) is 67.3 Å². The van der Waals surface area contributed by atoms with E-state index in [0.717, 1.165) is 18.4 Å². The van der Waals surface area contributed by atoms with Crippen molar-refractivity contribution in [1.29, 1.82) is 0 Å². The van der Waals surface area contributed by atoms with E-state index >= 15 is 0 Å². The lowest BCUT2D eigenvalue weighted by Crippen LogP contribution is -2.50. The van der Waals surface area contributed by atoms with Gasteiger partial charge in [-0.25, -0.2) is 0 Å². The first kappa shape index (κ1) is 28.1. The number of hydrogen-bond acceptors (Lipinski definition) is 7. The minimum atomic E-state index is -2.86. The highest BCUT2D eigenvalue weighted by atomic mass is 28.4. The van der Waals surface area contributed by atoms with Crippen LogP contribution in [0.5, 0.6) is 5.75 Å². The van der Waals surface area contributed by atoms with Crippen LogP contribution < -0.4 is 15.8 Å². The van der Waals surface area contributed by atoms with Gasteiger partial charge in [0.25, 0.3) is 5.91 Å². The second-order valence-electron chi connectivity index (χ2n) is 11.0. The molecule has 2 heterocycles. The molecule has 5 N–H and O–H groups in total. The first-order valence-corrected chi connectivity index (χ1v) is 16.2. The number of hydrogen-bond donors (Lipinski definition) is 4. The molecular formula is C28H39N3O6Si. The number of nitrogens with zero attached hydrogens (tertiary/aromatic N) is 1. The molecule has 1 saturated heterocycles. The van der Waals surface area contributed by atoms with Crippen LogP contribution in [0.3, 0.4) is 0 Å². The van der Waals surface area contributed by atoms with Crippen LogP contribution in [0, 0.1) is 5.92 Å². The summed E-state index contributed by atoms with van der Waals surface area (Å²) in [4.78, 5) is 39.0. The van der Waals surface area contributed by atoms with Crippen molar-refractivity contribution in [3.63, 3.8) is 0 Å². The number of aliphatic hydroxyl groups excluding tert-OH is 1. The van der Waals surface area contributed by atoms with Crippen LogP contribution in [0.1, 0.15) is 48.2 Å². The molecule has 1 unspecified atom stereocenters. The average Bonchev–Trinajstić information content (AvgIpc) is 3.36. The Morgan fingerprint density at radius 2 is 1.95 bits per heavy atom. The topological polar surface area (TPSA) is 134 Å². The van der Waals surface area contributed by atoms with Crippen molar-refractivity contribution < 1.29 is 29.0 Å². The zero-order chi connectivity index (χ0) is 27.6. The number of carbonyl (C=O) groups excluding carboxylic acids is 2. The molecule has 38 heavy (non-hydrogen) atoms. The van der Waals surface area contributed by atoms with Crippen molar-refractivity contribution in [3.05, 3.63) is 53.6 Å². The number of likely N-dealkylation sites (tertiary alicyclic amines) is 1. The van der Waals surface area contributed by atoms with E-state index in [-0.39, 0.29) is 48.4 Å². The van der Waals surface area contributed by atoms with Gasteiger partial charge in [0.15, 0.2) is 8.32 Å². The van der Waals surface area contributed by atoms with E-state index in [1.807, 2.05) is 26.1 Å². The van der Waals surface area contributed by atoms with Gasteiger partial charge in [-0.15, -0.1) is 0 Å². The summed E-state index contributed by atoms with van der Waals surface area (Å²) in [7, 11) is -1.23. The van der Waals surface area contributed by atoms with Crippen molar-refractivity contribution in [2.24, 2.45) is 5.92 Å². The smallest absolute Gasteiger partial charge is 0.255 e. The summed E-state index contributed by atoms with van der Waals surface area (Å²) in [6.07, 6.45) is 1.02. The van der Waals surface area contributed by atoms with Gasteiger partial charge in [0.1, 0.15) is 11.9 Å². The third kappa shape index (κ3) is 5.88. The molecule has 2 aliphatic rings. The van der Waals surface area contributed by atoms with Crippen LogP contribution in [0.2, 0.25) is 18.6 Å². The largest absolute Gasteiger partial charge is 0.490 e. The van der Waals surface area contributed by atoms with Gasteiger partial charge in [0, 0.05) is 54.0 Å². The molecule has 0 spiro atoms. The van der Waals surface area contributed by atoms with Crippen LogP contribution in [0.4, 0.5) is 11.4 Å². The maximum absolute atomic E-state index is 13.3. The number of nitrogens with two attached hydrogens (primary N) is 1. The number of ether oxygens (including phenoxy) is 2. The van der Waals surface area contributed by atoms with E-state index in [1.54, 1.807) is 48.4 Å². The molecule has 5 atom stereocenters. The zero-order valence-corrected chi connectivity index (χ0v) is 23.5. The third-order valence-corrected chi connectivity index (χ3v) is 10.2. The first-order valence-electron chi connectivity index (χ1n) is 13.2. The summed E-state index contributed by atoms with van der Waals surface area (Å²) >= 11 is 0. The number of methoxy groups -OCH3 is 1. The Bertz CT molecular complexity index is 1150. The summed E-state index contributed by atoms with van der Waals surface area (Å²) in [5.74, 6) is 0.128. The quantitative estimate of drug-likeness (QED) is 0.297. The maximum atomic E-state index is 13.3. The Labute approximate surface area is 225 Å². The van der Waals surface area contributed by atoms with Crippen LogP contribution in [0.15, 0.2) is 42.5 Å². The summed E-state index contributed by atoms with van der Waals surface area (Å²) in [6.45, 7) is 6.25. The number of aliphatic hydroxyl groups is 1. The van der Waals surface area contributed by atoms with Crippen molar-refractivity contribution in [1.82, 2.24) is 4.90 Å². The number of benzene rings is 2. The normalized spacial score (nSPS) is 23.9. The predicted octanol–water partition coefficient (Wildman–Crippen LogP) is 3.55. The molecule has 4 rings (SSSR count). The molecule has 0 saturated carbocycles. The van der Waals surface area contributed by atoms with Gasteiger partial charge in [-0.2, -0.15) is 0 Å². The molecule has 9 nitrogen and oxygen atoms in total. The lowest BCUT2D eigenvalue weighted by molar-refractivity contribution is -0.133. The summed E-state index contributed by atoms with van der Waals surface area (Å²) in [5.41, 5.74) is 7.84. The van der Waals surface area contributed by atoms with E-state index in [9.17, 15) is 19.5 Å². The Balaban J connectivity index is 1.57. The number of nitrogen functional groups attached to an aromatic ring is 1. The van der Waals surface area contributed by atoms with Gasteiger partial charge in [0.05, 0.1) is 18.8 Å². The third-order valence-electron chi connectivity index (χ3n) is 7.87. The fourth-order valence-corrected chi connectivity index (χ4v) is 7.57. The number of carbonyl (C=O) groups is 2. The first-order chi connectivity index (χ1) is 18.0. The molecule has 0 bridgehead atoms. The van der Waals surface area contributed by atoms with Gasteiger partial charge in [0.2, 0.25) is 5.91 Å². The Morgan fingerprint density at radius 3 is 2.58 bits per heavy atom. The second kappa shape index (κ2) is 11.4. The van der Waals surface area contributed by atoms with Crippen molar-refractivity contribution in [2.75, 3.05) is 31.3 Å². The molecule has 0 aromatic heterocycles. The van der Waals surface area contributed by atoms with Gasteiger partial charge in [-0.05, 0) is 68.4 Å². The Morgan fingerprint density at radius 1 is 1.24 bits per heavy atom. The Hall–Kier alpha value is -2.92. The fraction of sp³-hybridized carbons (Fsp3) is 0.500. The summed E-state index contributed by atoms with van der Waals surface area (Å²) in [6, 6.07) is 12.0. The molecule has 206 valence electrons. The van der Waals surface area contributed by atoms with E-state index in [4.69, 9.17) is 15.2 Å². The summed E-state index contributed by atoms with van der Waals surface area (Å²) in [5, 5.41) is 12.6. The molecule has 2 aromatic rings. The highest BCUT2D eigenvalue weighted by Crippen LogP contribution is 2.47. The van der Waals surface area contributed by atoms with Gasteiger partial charge >= 0.3 is 0 Å². The van der Waals surface area contributed by atoms with Crippen molar-refractivity contribution >= 4 is 31.5 Å². The highest BCUT2D eigenvalue weighted by molar-refractivity contribution is 6.71. The number of anilines is 2. The zero-order valence-electron chi connectivity index (χ0n) is 22.5. The number of nitrogens with one attached hydrogen (secondary N) is 1. The number of rotatable bonds is 8. The van der Waals surface area contributed by atoms with E-state index in [1.165, 1.54) is 0 Å². The summed E-state index contributed by atoms with van der Waals surface area (Å²) < 4.78 is 12.4. The molecule has 2 amide bonds. The average molecular weight is 542 g/mol. The Kier molecular flexibility index (Phi) is 8.46. The molecule has 10 heteroatoms. The minimum absolute atomic E-state index is 0.0526. The fourth-order valence-electron chi connectivity index (χ4n) is 5.72. The number of amides is 2. The van der Waals surface area contributed by atoms with E-state index < -0.39 is 14.4 Å². The molecule has 2 aliphatic heterocycles. The molecule has 0 aliphatic carbocycles. The van der Waals surface area contributed by atoms with Gasteiger partial charge in [-0.3, -0.25) is 9.59 Å². The standard InChI is InChI=1S/C28H39N3O6Si/c1-17-26(36-2)22-14-20(30-28(34)18-7-9-19(29)10-8-18)11-12-23(22)37-27(17)24(38(3,4)35)15-25(33)31-13-5-6-21(31)16-32/h7-12,14,17,21,24,26-27,32,35H,5-6,13,15-16,29H2,1-4H3,(H,30,34)/t17-,21-,24?,26-,27-/m0/s1. The molecule has 1 fully saturated rings. The van der Waals surface area contributed by atoms with Crippen molar-refractivity contribution in [3.8, 4) is 5.75 Å². The molecular weight excluding hydrogens is 502 g/mol. The van der Waals surface area contributed by atoms with Crippen molar-refractivity contribution in [2.45, 2.75) is 63.1 Å². The van der Waals surface area contributed by atoms with Gasteiger partial charge < -0.3 is 35.3 Å². The van der Waals surface area contributed by atoms with Gasteiger partial charge in [-0.1, -0.05) is 6.92 Å². The molecule has 0 radical (unpaired) electrons.